The van der Waals surface area contributed by atoms with Gasteiger partial charge in [-0.05, 0) is 18.2 Å². The Balaban J connectivity index is 2.97. The number of carbonyl (C=O) groups is 1. The Hall–Kier alpha value is -1.61. The van der Waals surface area contributed by atoms with Gasteiger partial charge in [0.1, 0.15) is 0 Å². The topological polar surface area (TPSA) is 94.1 Å². The van der Waals surface area contributed by atoms with Crippen molar-refractivity contribution in [1.29, 1.82) is 0 Å². The first kappa shape index (κ1) is 15.4. The van der Waals surface area contributed by atoms with E-state index in [-0.39, 0.29) is 5.75 Å². The van der Waals surface area contributed by atoms with Crippen LogP contribution < -0.4 is 9.61 Å². The Bertz CT molecular complexity index is 600. The average Bonchev–Trinajstić information content (AvgIpc) is 2.30. The number of hydrogen-bond donors (Lipinski definition) is 1. The van der Waals surface area contributed by atoms with Gasteiger partial charge in [0, 0.05) is 10.0 Å². The summed E-state index contributed by atoms with van der Waals surface area (Å²) in [4.78, 5) is 10.8. The molecule has 19 heavy (non-hydrogen) atoms. The fourth-order valence-electron chi connectivity index (χ4n) is 1.06. The van der Waals surface area contributed by atoms with Crippen molar-refractivity contribution in [3.8, 4) is 5.75 Å². The molecule has 0 aromatic heterocycles. The number of hydrazone groups is 1. The minimum atomic E-state index is -3.65. The molecule has 104 valence electrons. The highest BCUT2D eigenvalue weighted by molar-refractivity contribution is 9.10. The number of rotatable bonds is 4. The summed E-state index contributed by atoms with van der Waals surface area (Å²) in [5, 5.41) is 3.60. The number of halogens is 1. The summed E-state index contributed by atoms with van der Waals surface area (Å²) in [6.07, 6.45) is 1.43. The van der Waals surface area contributed by atoms with Gasteiger partial charge in [-0.15, -0.1) is 0 Å². The Labute approximate surface area is 118 Å². The van der Waals surface area contributed by atoms with Gasteiger partial charge in [0.15, 0.2) is 5.75 Å². The highest BCUT2D eigenvalue weighted by Crippen LogP contribution is 2.22. The standard InChI is InChI=1S/C10H11BrN2O5S/c1-17-10(14)13-12-6-7-5-8(11)3-4-9(7)18-19(2,15)16/h3-6H,1-2H3,(H,13,14)/b12-6-. The van der Waals surface area contributed by atoms with Gasteiger partial charge in [-0.1, -0.05) is 15.9 Å². The van der Waals surface area contributed by atoms with Crippen molar-refractivity contribution in [3.05, 3.63) is 28.2 Å². The zero-order chi connectivity index (χ0) is 14.5. The van der Waals surface area contributed by atoms with Gasteiger partial charge >= 0.3 is 16.2 Å². The maximum absolute atomic E-state index is 11.1. The van der Waals surface area contributed by atoms with E-state index >= 15 is 0 Å². The SMILES string of the molecule is COC(=O)N/N=C\c1cc(Br)ccc1OS(C)(=O)=O. The average molecular weight is 351 g/mol. The first-order valence-corrected chi connectivity index (χ1v) is 7.49. The summed E-state index contributed by atoms with van der Waals surface area (Å²) in [6, 6.07) is 4.67. The van der Waals surface area contributed by atoms with Gasteiger partial charge in [0.2, 0.25) is 0 Å². The van der Waals surface area contributed by atoms with Gasteiger partial charge in [-0.3, -0.25) is 0 Å². The number of ether oxygens (including phenoxy) is 1. The maximum Gasteiger partial charge on any atom is 0.427 e. The van der Waals surface area contributed by atoms with Crippen molar-refractivity contribution >= 4 is 38.4 Å². The van der Waals surface area contributed by atoms with E-state index in [1.807, 2.05) is 0 Å². The van der Waals surface area contributed by atoms with E-state index in [0.717, 1.165) is 6.26 Å². The third-order valence-electron chi connectivity index (χ3n) is 1.76. The van der Waals surface area contributed by atoms with E-state index in [2.05, 4.69) is 31.2 Å². The van der Waals surface area contributed by atoms with E-state index in [4.69, 9.17) is 4.18 Å². The molecule has 0 atom stereocenters. The first-order chi connectivity index (χ1) is 8.81. The lowest BCUT2D eigenvalue weighted by Crippen LogP contribution is -2.17. The van der Waals surface area contributed by atoms with Crippen LogP contribution in [0.1, 0.15) is 5.56 Å². The number of benzene rings is 1. The number of nitrogens with one attached hydrogen (secondary N) is 1. The minimum absolute atomic E-state index is 0.0983. The molecule has 1 N–H and O–H groups in total. The maximum atomic E-state index is 11.1. The van der Waals surface area contributed by atoms with E-state index in [0.29, 0.717) is 10.0 Å². The van der Waals surface area contributed by atoms with Crippen LogP contribution in [-0.2, 0) is 14.9 Å². The van der Waals surface area contributed by atoms with E-state index in [1.54, 1.807) is 12.1 Å². The van der Waals surface area contributed by atoms with Crippen LogP contribution in [0.2, 0.25) is 0 Å². The van der Waals surface area contributed by atoms with Crippen molar-refractivity contribution in [2.45, 2.75) is 0 Å². The minimum Gasteiger partial charge on any atom is -0.452 e. The van der Waals surface area contributed by atoms with E-state index in [9.17, 15) is 13.2 Å². The summed E-state index contributed by atoms with van der Waals surface area (Å²) in [7, 11) is -2.45. The molecule has 0 saturated heterocycles. The molecule has 0 aliphatic heterocycles. The first-order valence-electron chi connectivity index (χ1n) is 4.88. The molecule has 1 amide bonds. The van der Waals surface area contributed by atoms with Crippen molar-refractivity contribution in [1.82, 2.24) is 5.43 Å². The van der Waals surface area contributed by atoms with Crippen molar-refractivity contribution < 1.29 is 22.1 Å². The van der Waals surface area contributed by atoms with Crippen LogP contribution in [-0.4, -0.2) is 34.1 Å². The zero-order valence-corrected chi connectivity index (χ0v) is 12.5. The summed E-state index contributed by atoms with van der Waals surface area (Å²) >= 11 is 3.23. The molecule has 1 rings (SSSR count). The van der Waals surface area contributed by atoms with Crippen molar-refractivity contribution in [2.75, 3.05) is 13.4 Å². The lowest BCUT2D eigenvalue weighted by molar-refractivity contribution is 0.171. The smallest absolute Gasteiger partial charge is 0.427 e. The van der Waals surface area contributed by atoms with Gasteiger partial charge < -0.3 is 8.92 Å². The van der Waals surface area contributed by atoms with E-state index < -0.39 is 16.2 Å². The third kappa shape index (κ3) is 5.71. The van der Waals surface area contributed by atoms with Crippen LogP contribution in [0, 0.1) is 0 Å². The van der Waals surface area contributed by atoms with Crippen LogP contribution in [0.5, 0.6) is 5.75 Å². The molecule has 9 heteroatoms. The number of hydrogen-bond acceptors (Lipinski definition) is 6. The van der Waals surface area contributed by atoms with Crippen LogP contribution in [0.15, 0.2) is 27.8 Å². The fourth-order valence-corrected chi connectivity index (χ4v) is 1.92. The molecular weight excluding hydrogens is 340 g/mol. The van der Waals surface area contributed by atoms with Crippen molar-refractivity contribution in [2.24, 2.45) is 5.10 Å². The molecule has 0 saturated carbocycles. The molecule has 0 fully saturated rings. The fraction of sp³-hybridized carbons (Fsp3) is 0.200. The van der Waals surface area contributed by atoms with Gasteiger partial charge in [0.05, 0.1) is 19.6 Å². The Morgan fingerprint density at radius 3 is 2.74 bits per heavy atom. The Morgan fingerprint density at radius 2 is 2.16 bits per heavy atom. The molecule has 0 aliphatic rings. The van der Waals surface area contributed by atoms with Crippen LogP contribution in [0.25, 0.3) is 0 Å². The molecule has 0 radical (unpaired) electrons. The van der Waals surface area contributed by atoms with Gasteiger partial charge in [-0.2, -0.15) is 13.5 Å². The summed E-state index contributed by atoms with van der Waals surface area (Å²) in [5.74, 6) is 0.0983. The highest BCUT2D eigenvalue weighted by atomic mass is 79.9. The number of methoxy groups -OCH3 is 1. The molecule has 0 unspecified atom stereocenters. The largest absolute Gasteiger partial charge is 0.452 e. The van der Waals surface area contributed by atoms with Crippen LogP contribution in [0.3, 0.4) is 0 Å². The quantitative estimate of drug-likeness (QED) is 0.504. The summed E-state index contributed by atoms with van der Waals surface area (Å²) in [6.45, 7) is 0. The summed E-state index contributed by atoms with van der Waals surface area (Å²) in [5.41, 5.74) is 2.45. The number of carbonyl (C=O) groups excluding carboxylic acids is 1. The normalized spacial score (nSPS) is 11.3. The highest BCUT2D eigenvalue weighted by Gasteiger charge is 2.09. The second-order valence-corrected chi connectivity index (χ2v) is 5.82. The molecule has 0 spiro atoms. The molecule has 0 bridgehead atoms. The van der Waals surface area contributed by atoms with Gasteiger partial charge in [-0.25, -0.2) is 10.2 Å². The third-order valence-corrected chi connectivity index (χ3v) is 2.73. The monoisotopic (exact) mass is 350 g/mol. The predicted molar refractivity (Wildman–Crippen MR) is 72.7 cm³/mol. The Morgan fingerprint density at radius 1 is 1.47 bits per heavy atom. The molecule has 7 nitrogen and oxygen atoms in total. The predicted octanol–water partition coefficient (Wildman–Crippen LogP) is 1.48. The lowest BCUT2D eigenvalue weighted by atomic mass is 10.2. The van der Waals surface area contributed by atoms with Crippen LogP contribution in [0.4, 0.5) is 4.79 Å². The number of nitrogens with zero attached hydrogens (tertiary/aromatic N) is 1. The van der Waals surface area contributed by atoms with Crippen LogP contribution >= 0.6 is 15.9 Å². The summed E-state index contributed by atoms with van der Waals surface area (Å²) < 4.78 is 32.0. The molecule has 0 aliphatic carbocycles. The molecular formula is C10H11BrN2O5S. The zero-order valence-electron chi connectivity index (χ0n) is 10.1. The van der Waals surface area contributed by atoms with Crippen molar-refractivity contribution in [3.63, 3.8) is 0 Å². The van der Waals surface area contributed by atoms with Gasteiger partial charge in [0.25, 0.3) is 0 Å². The number of amides is 1. The lowest BCUT2D eigenvalue weighted by Gasteiger charge is -2.06. The molecule has 1 aromatic carbocycles. The Kier molecular flexibility index (Phi) is 5.31. The molecule has 1 aromatic rings. The van der Waals surface area contributed by atoms with E-state index in [1.165, 1.54) is 19.4 Å². The second kappa shape index (κ2) is 6.53. The second-order valence-electron chi connectivity index (χ2n) is 3.33. The molecule has 0 heterocycles.